The van der Waals surface area contributed by atoms with Crippen molar-refractivity contribution in [1.82, 2.24) is 10.0 Å². The van der Waals surface area contributed by atoms with Crippen LogP contribution in [0.25, 0.3) is 0 Å². The second-order valence-electron chi connectivity index (χ2n) is 4.26. The Morgan fingerprint density at radius 2 is 1.89 bits per heavy atom. The summed E-state index contributed by atoms with van der Waals surface area (Å²) in [4.78, 5) is 11.6. The van der Waals surface area contributed by atoms with Gasteiger partial charge >= 0.3 is 0 Å². The number of amides is 1. The summed E-state index contributed by atoms with van der Waals surface area (Å²) in [5.74, 6) is -0.604. The molecule has 0 aliphatic carbocycles. The highest BCUT2D eigenvalue weighted by Crippen LogP contribution is 2.12. The van der Waals surface area contributed by atoms with E-state index in [2.05, 4.69) is 10.0 Å². The molecule has 0 aromatic heterocycles. The Balaban J connectivity index is 2.42. The van der Waals surface area contributed by atoms with Crippen LogP contribution in [-0.2, 0) is 14.8 Å². The van der Waals surface area contributed by atoms with Crippen LogP contribution in [-0.4, -0.2) is 27.1 Å². The van der Waals surface area contributed by atoms with E-state index >= 15 is 0 Å². The van der Waals surface area contributed by atoms with E-state index < -0.39 is 10.0 Å². The van der Waals surface area contributed by atoms with Crippen molar-refractivity contribution in [2.75, 3.05) is 12.8 Å². The van der Waals surface area contributed by atoms with Crippen LogP contribution in [0.15, 0.2) is 24.3 Å². The van der Waals surface area contributed by atoms with E-state index in [1.54, 1.807) is 19.1 Å². The van der Waals surface area contributed by atoms with Gasteiger partial charge in [0.05, 0.1) is 12.3 Å². The molecular weight excluding hydrogens is 271 g/mol. The Morgan fingerprint density at radius 1 is 1.32 bits per heavy atom. The van der Waals surface area contributed by atoms with Crippen molar-refractivity contribution in [2.24, 2.45) is 0 Å². The van der Waals surface area contributed by atoms with Crippen LogP contribution in [0, 0.1) is 5.82 Å². The van der Waals surface area contributed by atoms with Gasteiger partial charge in [0.25, 0.3) is 0 Å². The monoisotopic (exact) mass is 288 g/mol. The fourth-order valence-electron chi connectivity index (χ4n) is 1.50. The topological polar surface area (TPSA) is 75.3 Å². The number of hydrogen-bond donors (Lipinski definition) is 2. The Bertz CT molecular complexity index is 528. The van der Waals surface area contributed by atoms with Gasteiger partial charge in [-0.1, -0.05) is 12.1 Å². The zero-order chi connectivity index (χ0) is 14.5. The molecular formula is C12H17FN2O3S. The molecule has 0 unspecified atom stereocenters. The molecule has 5 nitrogen and oxygen atoms in total. The lowest BCUT2D eigenvalue weighted by Gasteiger charge is -2.14. The van der Waals surface area contributed by atoms with Crippen molar-refractivity contribution in [3.05, 3.63) is 35.6 Å². The first-order valence-corrected chi connectivity index (χ1v) is 7.66. The number of hydrogen-bond acceptors (Lipinski definition) is 3. The van der Waals surface area contributed by atoms with Crippen LogP contribution in [0.3, 0.4) is 0 Å². The predicted molar refractivity (Wildman–Crippen MR) is 70.4 cm³/mol. The number of nitrogens with one attached hydrogen (secondary N) is 2. The van der Waals surface area contributed by atoms with E-state index in [1.807, 2.05) is 0 Å². The van der Waals surface area contributed by atoms with Crippen molar-refractivity contribution in [1.29, 1.82) is 0 Å². The molecule has 7 heteroatoms. The minimum Gasteiger partial charge on any atom is -0.350 e. The summed E-state index contributed by atoms with van der Waals surface area (Å²) in [6.07, 6.45) is 1.09. The first kappa shape index (κ1) is 15.6. The van der Waals surface area contributed by atoms with Gasteiger partial charge in [0, 0.05) is 13.0 Å². The quantitative estimate of drug-likeness (QED) is 0.818. The average Bonchev–Trinajstić information content (AvgIpc) is 2.27. The van der Waals surface area contributed by atoms with E-state index in [-0.39, 0.29) is 30.7 Å². The lowest BCUT2D eigenvalue weighted by molar-refractivity contribution is -0.121. The van der Waals surface area contributed by atoms with Crippen molar-refractivity contribution >= 4 is 15.9 Å². The first-order chi connectivity index (χ1) is 8.78. The zero-order valence-corrected chi connectivity index (χ0v) is 11.6. The van der Waals surface area contributed by atoms with E-state index in [1.165, 1.54) is 12.1 Å². The standard InChI is InChI=1S/C12H17FN2O3S/c1-9(10-3-5-11(13)6-4-10)15-12(16)7-8-14-19(2,17)18/h3-6,9,14H,7-8H2,1-2H3,(H,15,16)/t9-/m1/s1. The normalized spacial score (nSPS) is 13.0. The van der Waals surface area contributed by atoms with Crippen LogP contribution >= 0.6 is 0 Å². The number of sulfonamides is 1. The second-order valence-corrected chi connectivity index (χ2v) is 6.09. The number of carbonyl (C=O) groups excluding carboxylic acids is 1. The summed E-state index contributed by atoms with van der Waals surface area (Å²) in [6, 6.07) is 5.57. The van der Waals surface area contributed by atoms with Gasteiger partial charge in [-0.2, -0.15) is 0 Å². The first-order valence-electron chi connectivity index (χ1n) is 5.77. The third-order valence-electron chi connectivity index (χ3n) is 2.46. The van der Waals surface area contributed by atoms with Crippen molar-refractivity contribution in [3.63, 3.8) is 0 Å². The average molecular weight is 288 g/mol. The SMILES string of the molecule is C[C@@H](NC(=O)CCNS(C)(=O)=O)c1ccc(F)cc1. The van der Waals surface area contributed by atoms with E-state index in [0.717, 1.165) is 11.8 Å². The Kier molecular flexibility index (Phi) is 5.44. The zero-order valence-electron chi connectivity index (χ0n) is 10.8. The van der Waals surface area contributed by atoms with E-state index in [9.17, 15) is 17.6 Å². The van der Waals surface area contributed by atoms with Gasteiger partial charge in [-0.3, -0.25) is 4.79 Å². The number of carbonyl (C=O) groups is 1. The van der Waals surface area contributed by atoms with Crippen molar-refractivity contribution in [3.8, 4) is 0 Å². The minimum absolute atomic E-state index is 0.0542. The highest BCUT2D eigenvalue weighted by atomic mass is 32.2. The number of rotatable bonds is 6. The molecule has 0 saturated carbocycles. The summed E-state index contributed by atoms with van der Waals surface area (Å²) in [6.45, 7) is 1.83. The smallest absolute Gasteiger partial charge is 0.221 e. The van der Waals surface area contributed by atoms with E-state index in [0.29, 0.717) is 0 Å². The molecule has 1 amide bonds. The molecule has 19 heavy (non-hydrogen) atoms. The van der Waals surface area contributed by atoms with E-state index in [4.69, 9.17) is 0 Å². The molecule has 0 aliphatic heterocycles. The molecule has 0 spiro atoms. The van der Waals surface area contributed by atoms with Crippen LogP contribution in [0.1, 0.15) is 24.9 Å². The molecule has 0 bridgehead atoms. The number of benzene rings is 1. The number of halogens is 1. The lowest BCUT2D eigenvalue weighted by atomic mass is 10.1. The molecule has 1 aromatic carbocycles. The Morgan fingerprint density at radius 3 is 2.42 bits per heavy atom. The van der Waals surface area contributed by atoms with Crippen LogP contribution in [0.2, 0.25) is 0 Å². The highest BCUT2D eigenvalue weighted by molar-refractivity contribution is 7.88. The van der Waals surface area contributed by atoms with Crippen LogP contribution < -0.4 is 10.0 Å². The maximum atomic E-state index is 12.7. The maximum absolute atomic E-state index is 12.7. The van der Waals surface area contributed by atoms with Crippen LogP contribution in [0.4, 0.5) is 4.39 Å². The van der Waals surface area contributed by atoms with Gasteiger partial charge in [-0.15, -0.1) is 0 Å². The maximum Gasteiger partial charge on any atom is 0.221 e. The summed E-state index contributed by atoms with van der Waals surface area (Å²) in [7, 11) is -3.28. The van der Waals surface area contributed by atoms with Gasteiger partial charge in [-0.05, 0) is 24.6 Å². The molecule has 2 N–H and O–H groups in total. The fourth-order valence-corrected chi connectivity index (χ4v) is 1.97. The van der Waals surface area contributed by atoms with Crippen LogP contribution in [0.5, 0.6) is 0 Å². The highest BCUT2D eigenvalue weighted by Gasteiger charge is 2.10. The molecule has 0 saturated heterocycles. The fraction of sp³-hybridized carbons (Fsp3) is 0.417. The Hall–Kier alpha value is -1.47. The molecule has 0 heterocycles. The van der Waals surface area contributed by atoms with Gasteiger partial charge in [0.2, 0.25) is 15.9 Å². The molecule has 0 fully saturated rings. The molecule has 1 atom stereocenters. The molecule has 106 valence electrons. The van der Waals surface area contributed by atoms with Gasteiger partial charge in [0.15, 0.2) is 0 Å². The third-order valence-corrected chi connectivity index (χ3v) is 3.19. The van der Waals surface area contributed by atoms with Crippen molar-refractivity contribution < 1.29 is 17.6 Å². The molecule has 0 radical (unpaired) electrons. The minimum atomic E-state index is -3.28. The summed E-state index contributed by atoms with van der Waals surface area (Å²) in [5, 5.41) is 2.71. The summed E-state index contributed by atoms with van der Waals surface area (Å²) >= 11 is 0. The third kappa shape index (κ3) is 6.30. The second kappa shape index (κ2) is 6.63. The van der Waals surface area contributed by atoms with Gasteiger partial charge in [0.1, 0.15) is 5.82 Å². The molecule has 1 aromatic rings. The summed E-state index contributed by atoms with van der Waals surface area (Å²) < 4.78 is 36.6. The van der Waals surface area contributed by atoms with Crippen molar-refractivity contribution in [2.45, 2.75) is 19.4 Å². The Labute approximate surface area is 112 Å². The lowest BCUT2D eigenvalue weighted by Crippen LogP contribution is -2.31. The largest absolute Gasteiger partial charge is 0.350 e. The summed E-state index contributed by atoms with van der Waals surface area (Å²) in [5.41, 5.74) is 0.783. The molecule has 1 rings (SSSR count). The van der Waals surface area contributed by atoms with Gasteiger partial charge < -0.3 is 5.32 Å². The molecule has 0 aliphatic rings. The van der Waals surface area contributed by atoms with Gasteiger partial charge in [-0.25, -0.2) is 17.5 Å². The predicted octanol–water partition coefficient (Wildman–Crippen LogP) is 0.942.